The fourth-order valence-corrected chi connectivity index (χ4v) is 3.29. The first kappa shape index (κ1) is 14.8. The molecule has 5 nitrogen and oxygen atoms in total. The quantitative estimate of drug-likeness (QED) is 0.781. The predicted octanol–water partition coefficient (Wildman–Crippen LogP) is 2.59. The largest absolute Gasteiger partial charge is 0.481 e. The van der Waals surface area contributed by atoms with Gasteiger partial charge in [-0.25, -0.2) is 4.79 Å². The Labute approximate surface area is 122 Å². The van der Waals surface area contributed by atoms with E-state index in [2.05, 4.69) is 16.7 Å². The van der Waals surface area contributed by atoms with Crippen LogP contribution in [-0.2, 0) is 4.79 Å². The summed E-state index contributed by atoms with van der Waals surface area (Å²) in [5, 5.41) is 14.6. The van der Waals surface area contributed by atoms with Gasteiger partial charge in [0.25, 0.3) is 0 Å². The molecule has 2 amide bonds. The molecule has 0 radical (unpaired) electrons. The van der Waals surface area contributed by atoms with E-state index in [1.165, 1.54) is 9.75 Å². The molecule has 1 aromatic rings. The molecule has 1 saturated carbocycles. The number of rotatable bonds is 5. The van der Waals surface area contributed by atoms with Crippen LogP contribution in [0, 0.1) is 19.3 Å². The molecule has 1 fully saturated rings. The summed E-state index contributed by atoms with van der Waals surface area (Å²) >= 11 is 1.71. The Kier molecular flexibility index (Phi) is 4.04. The van der Waals surface area contributed by atoms with Crippen molar-refractivity contribution in [3.8, 4) is 0 Å². The number of carboxylic acids is 1. The fraction of sp³-hybridized carbons (Fsp3) is 0.571. The van der Waals surface area contributed by atoms with E-state index >= 15 is 0 Å². The van der Waals surface area contributed by atoms with Gasteiger partial charge in [0.05, 0.1) is 11.5 Å². The molecule has 1 atom stereocenters. The Balaban J connectivity index is 1.85. The van der Waals surface area contributed by atoms with E-state index in [0.717, 1.165) is 5.56 Å². The Bertz CT molecular complexity index is 535. The molecule has 1 aliphatic carbocycles. The second kappa shape index (κ2) is 5.44. The lowest BCUT2D eigenvalue weighted by Gasteiger charge is -2.16. The van der Waals surface area contributed by atoms with Crippen LogP contribution in [0.5, 0.6) is 0 Å². The second-order valence-corrected chi connectivity index (χ2v) is 6.96. The van der Waals surface area contributed by atoms with Gasteiger partial charge in [0.2, 0.25) is 0 Å². The normalized spacial score (nSPS) is 17.4. The summed E-state index contributed by atoms with van der Waals surface area (Å²) in [5.74, 6) is -0.824. The third-order valence-electron chi connectivity index (χ3n) is 3.79. The lowest BCUT2D eigenvalue weighted by Crippen LogP contribution is -2.41. The minimum atomic E-state index is -0.824. The zero-order valence-electron chi connectivity index (χ0n) is 11.9. The first-order valence-electron chi connectivity index (χ1n) is 6.69. The van der Waals surface area contributed by atoms with E-state index < -0.39 is 11.4 Å². The summed E-state index contributed by atoms with van der Waals surface area (Å²) in [5.41, 5.74) is 0.386. The molecule has 1 unspecified atom stereocenters. The first-order valence-corrected chi connectivity index (χ1v) is 7.50. The molecule has 0 aromatic carbocycles. The molecule has 6 heteroatoms. The minimum Gasteiger partial charge on any atom is -0.481 e. The van der Waals surface area contributed by atoms with Gasteiger partial charge in [-0.2, -0.15) is 0 Å². The van der Waals surface area contributed by atoms with Crippen molar-refractivity contribution in [3.63, 3.8) is 0 Å². The molecule has 2 rings (SSSR count). The number of nitrogens with one attached hydrogen (secondary N) is 2. The Morgan fingerprint density at radius 3 is 2.55 bits per heavy atom. The molecule has 1 heterocycles. The average Bonchev–Trinajstić information content (AvgIpc) is 3.07. The molecule has 0 aliphatic heterocycles. The van der Waals surface area contributed by atoms with Crippen LogP contribution >= 0.6 is 11.3 Å². The van der Waals surface area contributed by atoms with Crippen molar-refractivity contribution in [3.05, 3.63) is 21.4 Å². The standard InChI is InChI=1S/C14H20N2O3S/c1-8-6-11(10(3)20-8)9(2)16-13(19)15-7-14(4-5-14)12(17)18/h6,9H,4-5,7H2,1-3H3,(H,17,18)(H2,15,16,19). The number of carbonyl (C=O) groups is 2. The molecule has 1 aromatic heterocycles. The van der Waals surface area contributed by atoms with Gasteiger partial charge in [-0.15, -0.1) is 11.3 Å². The van der Waals surface area contributed by atoms with Crippen molar-refractivity contribution >= 4 is 23.3 Å². The highest BCUT2D eigenvalue weighted by Crippen LogP contribution is 2.45. The van der Waals surface area contributed by atoms with Crippen molar-refractivity contribution in [1.82, 2.24) is 10.6 Å². The fourth-order valence-electron chi connectivity index (χ4n) is 2.27. The number of aliphatic carboxylic acids is 1. The number of hydrogen-bond acceptors (Lipinski definition) is 3. The number of aryl methyl sites for hydroxylation is 2. The van der Waals surface area contributed by atoms with Crippen LogP contribution < -0.4 is 10.6 Å². The molecular weight excluding hydrogens is 276 g/mol. The van der Waals surface area contributed by atoms with Crippen molar-refractivity contribution in [2.24, 2.45) is 5.41 Å². The third kappa shape index (κ3) is 3.12. The highest BCUT2D eigenvalue weighted by molar-refractivity contribution is 7.12. The van der Waals surface area contributed by atoms with E-state index in [9.17, 15) is 9.59 Å². The van der Waals surface area contributed by atoms with Gasteiger partial charge in [0.1, 0.15) is 0 Å². The zero-order valence-corrected chi connectivity index (χ0v) is 12.8. The van der Waals surface area contributed by atoms with Gasteiger partial charge in [-0.05, 0) is 45.2 Å². The van der Waals surface area contributed by atoms with Crippen molar-refractivity contribution in [2.75, 3.05) is 6.54 Å². The highest BCUT2D eigenvalue weighted by Gasteiger charge is 2.50. The molecule has 3 N–H and O–H groups in total. The van der Waals surface area contributed by atoms with Gasteiger partial charge >= 0.3 is 12.0 Å². The van der Waals surface area contributed by atoms with Crippen LogP contribution in [0.25, 0.3) is 0 Å². The average molecular weight is 296 g/mol. The summed E-state index contributed by atoms with van der Waals surface area (Å²) < 4.78 is 0. The molecule has 0 bridgehead atoms. The number of urea groups is 1. The maximum absolute atomic E-state index is 11.8. The number of carboxylic acid groups (broad SMARTS) is 1. The molecule has 1 aliphatic rings. The maximum Gasteiger partial charge on any atom is 0.315 e. The van der Waals surface area contributed by atoms with Gasteiger partial charge in [0.15, 0.2) is 0 Å². The third-order valence-corrected chi connectivity index (χ3v) is 4.77. The van der Waals surface area contributed by atoms with Gasteiger partial charge in [-0.1, -0.05) is 0 Å². The van der Waals surface area contributed by atoms with Crippen molar-refractivity contribution in [1.29, 1.82) is 0 Å². The highest BCUT2D eigenvalue weighted by atomic mass is 32.1. The minimum absolute atomic E-state index is 0.0834. The zero-order chi connectivity index (χ0) is 14.9. The Hall–Kier alpha value is -1.56. The summed E-state index contributed by atoms with van der Waals surface area (Å²) in [6.07, 6.45) is 1.28. The Morgan fingerprint density at radius 2 is 2.10 bits per heavy atom. The van der Waals surface area contributed by atoms with Crippen molar-refractivity contribution in [2.45, 2.75) is 39.7 Å². The van der Waals surface area contributed by atoms with Gasteiger partial charge in [-0.3, -0.25) is 4.79 Å². The van der Waals surface area contributed by atoms with Gasteiger partial charge < -0.3 is 15.7 Å². The number of carbonyl (C=O) groups excluding carboxylic acids is 1. The van der Waals surface area contributed by atoms with Crippen LogP contribution in [-0.4, -0.2) is 23.7 Å². The monoisotopic (exact) mass is 296 g/mol. The lowest BCUT2D eigenvalue weighted by molar-refractivity contribution is -0.143. The number of hydrogen-bond donors (Lipinski definition) is 3. The van der Waals surface area contributed by atoms with Crippen molar-refractivity contribution < 1.29 is 14.7 Å². The van der Waals surface area contributed by atoms with E-state index in [4.69, 9.17) is 5.11 Å². The molecule has 0 spiro atoms. The lowest BCUT2D eigenvalue weighted by atomic mass is 10.1. The van der Waals surface area contributed by atoms with Crippen LogP contribution in [0.1, 0.15) is 41.1 Å². The van der Waals surface area contributed by atoms with Gasteiger partial charge in [0, 0.05) is 16.3 Å². The topological polar surface area (TPSA) is 78.4 Å². The van der Waals surface area contributed by atoms with Crippen LogP contribution in [0.3, 0.4) is 0 Å². The van der Waals surface area contributed by atoms with Crippen LogP contribution in [0.15, 0.2) is 6.07 Å². The second-order valence-electron chi connectivity index (χ2n) is 5.50. The van der Waals surface area contributed by atoms with E-state index in [1.807, 2.05) is 20.8 Å². The van der Waals surface area contributed by atoms with E-state index in [-0.39, 0.29) is 18.6 Å². The molecule has 110 valence electrons. The summed E-state index contributed by atoms with van der Waals surface area (Å²) in [6.45, 7) is 6.20. The molecular formula is C14H20N2O3S. The van der Waals surface area contributed by atoms with E-state index in [1.54, 1.807) is 11.3 Å². The SMILES string of the molecule is Cc1cc(C(C)NC(=O)NCC2(C(=O)O)CC2)c(C)s1. The van der Waals surface area contributed by atoms with Crippen LogP contribution in [0.4, 0.5) is 4.79 Å². The predicted molar refractivity (Wildman–Crippen MR) is 78.0 cm³/mol. The van der Waals surface area contributed by atoms with Crippen LogP contribution in [0.2, 0.25) is 0 Å². The maximum atomic E-state index is 11.8. The summed E-state index contributed by atoms with van der Waals surface area (Å²) in [4.78, 5) is 25.3. The van der Waals surface area contributed by atoms with E-state index in [0.29, 0.717) is 12.8 Å². The Morgan fingerprint density at radius 1 is 1.45 bits per heavy atom. The first-order chi connectivity index (χ1) is 9.34. The number of thiophene rings is 1. The smallest absolute Gasteiger partial charge is 0.315 e. The summed E-state index contributed by atoms with van der Waals surface area (Å²) in [6, 6.07) is 1.68. The molecule has 20 heavy (non-hydrogen) atoms. The molecule has 0 saturated heterocycles. The number of amides is 2. The summed E-state index contributed by atoms with van der Waals surface area (Å²) in [7, 11) is 0.